The minimum atomic E-state index is -0.974. The molecule has 158 valence electrons. The van der Waals surface area contributed by atoms with Gasteiger partial charge < -0.3 is 5.32 Å². The van der Waals surface area contributed by atoms with Gasteiger partial charge in [-0.15, -0.1) is 0 Å². The Balaban J connectivity index is 1.64. The van der Waals surface area contributed by atoms with Crippen LogP contribution in [0.4, 0.5) is 13.9 Å². The molecule has 2 amide bonds. The molecule has 0 bridgehead atoms. The van der Waals surface area contributed by atoms with Gasteiger partial charge in [-0.1, -0.05) is 23.5 Å². The van der Waals surface area contributed by atoms with Gasteiger partial charge in [0.2, 0.25) is 5.91 Å². The summed E-state index contributed by atoms with van der Waals surface area (Å²) < 4.78 is 28.3. The molecule has 31 heavy (non-hydrogen) atoms. The van der Waals surface area contributed by atoms with Crippen molar-refractivity contribution in [2.45, 2.75) is 13.5 Å². The molecule has 0 saturated heterocycles. The summed E-state index contributed by atoms with van der Waals surface area (Å²) in [5, 5.41) is 3.20. The third kappa shape index (κ3) is 4.02. The molecule has 0 aliphatic heterocycles. The first-order chi connectivity index (χ1) is 14.8. The van der Waals surface area contributed by atoms with Gasteiger partial charge in [-0.05, 0) is 29.8 Å². The van der Waals surface area contributed by atoms with Crippen LogP contribution in [0.15, 0.2) is 48.8 Å². The number of carbonyl (C=O) groups is 2. The molecule has 0 radical (unpaired) electrons. The molecule has 0 fully saturated rings. The minimum absolute atomic E-state index is 0.0192. The first kappa shape index (κ1) is 20.6. The first-order valence-corrected chi connectivity index (χ1v) is 10.1. The van der Waals surface area contributed by atoms with Crippen molar-refractivity contribution in [1.29, 1.82) is 0 Å². The molecule has 7 nitrogen and oxygen atoms in total. The number of thiazole rings is 1. The number of rotatable bonds is 5. The number of nitrogens with zero attached hydrogens (tertiary/aromatic N) is 4. The van der Waals surface area contributed by atoms with Crippen molar-refractivity contribution in [1.82, 2.24) is 19.7 Å². The summed E-state index contributed by atoms with van der Waals surface area (Å²) in [6.07, 6.45) is 3.38. The van der Waals surface area contributed by atoms with Crippen LogP contribution in [-0.4, -0.2) is 33.2 Å². The molecule has 0 aliphatic rings. The first-order valence-electron chi connectivity index (χ1n) is 9.25. The Morgan fingerprint density at radius 1 is 1.19 bits per heavy atom. The molecule has 4 rings (SSSR count). The molecule has 3 aromatic heterocycles. The highest BCUT2D eigenvalue weighted by Gasteiger charge is 2.21. The Hall–Kier alpha value is -3.66. The summed E-state index contributed by atoms with van der Waals surface area (Å²) in [6.45, 7) is 1.47. The number of anilines is 1. The van der Waals surface area contributed by atoms with Crippen LogP contribution in [0, 0.1) is 11.6 Å². The average molecular weight is 441 g/mol. The van der Waals surface area contributed by atoms with Gasteiger partial charge in [0.15, 0.2) is 28.3 Å². The fourth-order valence-electron chi connectivity index (χ4n) is 2.95. The second kappa shape index (κ2) is 8.23. The summed E-state index contributed by atoms with van der Waals surface area (Å²) in [5.74, 6) is -2.01. The van der Waals surface area contributed by atoms with Crippen molar-refractivity contribution in [3.63, 3.8) is 0 Å². The van der Waals surface area contributed by atoms with Crippen LogP contribution in [0.25, 0.3) is 16.2 Å². The quantitative estimate of drug-likeness (QED) is 0.513. The molecule has 3 heterocycles. The number of benzene rings is 1. The summed E-state index contributed by atoms with van der Waals surface area (Å²) in [5.41, 5.74) is 1.19. The van der Waals surface area contributed by atoms with Crippen LogP contribution >= 0.6 is 11.3 Å². The maximum absolute atomic E-state index is 13.4. The lowest BCUT2D eigenvalue weighted by Gasteiger charge is -2.09. The maximum Gasteiger partial charge on any atom is 0.272 e. The van der Waals surface area contributed by atoms with Crippen LogP contribution in [-0.2, 0) is 11.3 Å². The van der Waals surface area contributed by atoms with Gasteiger partial charge in [-0.2, -0.15) is 0 Å². The van der Waals surface area contributed by atoms with Crippen molar-refractivity contribution in [3.05, 3.63) is 71.7 Å². The van der Waals surface area contributed by atoms with Crippen LogP contribution in [0.1, 0.15) is 23.0 Å². The van der Waals surface area contributed by atoms with Gasteiger partial charge >= 0.3 is 0 Å². The molecule has 0 aliphatic carbocycles. The molecule has 1 N–H and O–H groups in total. The van der Waals surface area contributed by atoms with E-state index < -0.39 is 17.5 Å². The Labute approximate surface area is 180 Å². The number of pyridine rings is 1. The van der Waals surface area contributed by atoms with Crippen LogP contribution in [0.5, 0.6) is 0 Å². The van der Waals surface area contributed by atoms with Gasteiger partial charge in [0.25, 0.3) is 5.91 Å². The van der Waals surface area contributed by atoms with E-state index in [-0.39, 0.29) is 18.1 Å². The van der Waals surface area contributed by atoms with Crippen LogP contribution in [0.2, 0.25) is 0 Å². The zero-order valence-corrected chi connectivity index (χ0v) is 17.4. The molecule has 0 atom stereocenters. The number of halogens is 2. The van der Waals surface area contributed by atoms with Gasteiger partial charge in [-0.3, -0.25) is 18.9 Å². The van der Waals surface area contributed by atoms with E-state index in [1.807, 2.05) is 6.07 Å². The second-order valence-electron chi connectivity index (χ2n) is 6.76. The second-order valence-corrected chi connectivity index (χ2v) is 7.77. The Morgan fingerprint density at radius 2 is 2.00 bits per heavy atom. The fraction of sp³-hybridized carbons (Fsp3) is 0.143. The van der Waals surface area contributed by atoms with E-state index in [2.05, 4.69) is 15.3 Å². The molecule has 1 aromatic carbocycles. The number of amides is 2. The SMILES string of the molecule is CC(=O)N(C)c1ncc(-c2nc(C(=O)NCc3ccc(F)c(F)c3)c3ccccn23)s1. The number of hydrogen-bond donors (Lipinski definition) is 1. The molecule has 0 spiro atoms. The number of nitrogens with one attached hydrogen (secondary N) is 1. The fourth-order valence-corrected chi connectivity index (χ4v) is 3.86. The average Bonchev–Trinajstić information content (AvgIpc) is 3.38. The summed E-state index contributed by atoms with van der Waals surface area (Å²) in [7, 11) is 1.63. The summed E-state index contributed by atoms with van der Waals surface area (Å²) >= 11 is 1.28. The van der Waals surface area contributed by atoms with Crippen LogP contribution < -0.4 is 10.2 Å². The van der Waals surface area contributed by atoms with Crippen molar-refractivity contribution in [2.24, 2.45) is 0 Å². The zero-order valence-electron chi connectivity index (χ0n) is 16.6. The van der Waals surface area contributed by atoms with Gasteiger partial charge in [-0.25, -0.2) is 18.7 Å². The van der Waals surface area contributed by atoms with Crippen molar-refractivity contribution in [2.75, 3.05) is 11.9 Å². The Kier molecular flexibility index (Phi) is 5.47. The molecule has 0 unspecified atom stereocenters. The lowest BCUT2D eigenvalue weighted by atomic mass is 10.2. The highest BCUT2D eigenvalue weighted by Crippen LogP contribution is 2.31. The number of fused-ring (bicyclic) bond motifs is 1. The number of aromatic nitrogens is 3. The van der Waals surface area contributed by atoms with E-state index in [9.17, 15) is 18.4 Å². The van der Waals surface area contributed by atoms with Crippen molar-refractivity contribution in [3.8, 4) is 10.7 Å². The predicted octanol–water partition coefficient (Wildman–Crippen LogP) is 3.65. The molecular formula is C21H17F2N5O2S. The van der Waals surface area contributed by atoms with E-state index in [0.29, 0.717) is 26.9 Å². The third-order valence-corrected chi connectivity index (χ3v) is 5.74. The van der Waals surface area contributed by atoms with Crippen LogP contribution in [0.3, 0.4) is 0 Å². The van der Waals surface area contributed by atoms with Gasteiger partial charge in [0, 0.05) is 26.7 Å². The van der Waals surface area contributed by atoms with Crippen molar-refractivity contribution < 1.29 is 18.4 Å². The predicted molar refractivity (Wildman–Crippen MR) is 113 cm³/mol. The normalized spacial score (nSPS) is 11.0. The topological polar surface area (TPSA) is 79.6 Å². The standard InChI is InChI=1S/C21H17F2N5O2S/c1-12(29)27(2)21-25-11-17(31-21)19-26-18(16-5-3-4-8-28(16)19)20(30)24-10-13-6-7-14(22)15(23)9-13/h3-9,11H,10H2,1-2H3,(H,24,30). The highest BCUT2D eigenvalue weighted by molar-refractivity contribution is 7.19. The monoisotopic (exact) mass is 441 g/mol. The maximum atomic E-state index is 13.4. The molecular weight excluding hydrogens is 424 g/mol. The van der Waals surface area contributed by atoms with Gasteiger partial charge in [0.1, 0.15) is 0 Å². The van der Waals surface area contributed by atoms with E-state index in [1.54, 1.807) is 36.0 Å². The number of imidazole rings is 1. The Bertz CT molecular complexity index is 1300. The number of hydrogen-bond acceptors (Lipinski definition) is 5. The van der Waals surface area contributed by atoms with Crippen molar-refractivity contribution >= 4 is 33.8 Å². The summed E-state index contributed by atoms with van der Waals surface area (Å²) in [4.78, 5) is 35.3. The number of carbonyl (C=O) groups excluding carboxylic acids is 2. The van der Waals surface area contributed by atoms with E-state index in [4.69, 9.17) is 0 Å². The lowest BCUT2D eigenvalue weighted by molar-refractivity contribution is -0.116. The largest absolute Gasteiger partial charge is 0.347 e. The lowest BCUT2D eigenvalue weighted by Crippen LogP contribution is -2.23. The molecule has 10 heteroatoms. The zero-order chi connectivity index (χ0) is 22.1. The minimum Gasteiger partial charge on any atom is -0.347 e. The Morgan fingerprint density at radius 3 is 2.74 bits per heavy atom. The highest BCUT2D eigenvalue weighted by atomic mass is 32.1. The van der Waals surface area contributed by atoms with Gasteiger partial charge in [0.05, 0.1) is 16.6 Å². The molecule has 0 saturated carbocycles. The van der Waals surface area contributed by atoms with E-state index in [1.165, 1.54) is 29.2 Å². The molecule has 4 aromatic rings. The van der Waals surface area contributed by atoms with E-state index in [0.717, 1.165) is 12.1 Å². The smallest absolute Gasteiger partial charge is 0.272 e. The third-order valence-electron chi connectivity index (χ3n) is 4.67. The summed E-state index contributed by atoms with van der Waals surface area (Å²) in [6, 6.07) is 8.81. The van der Waals surface area contributed by atoms with E-state index >= 15 is 0 Å².